The molecule has 0 fully saturated rings. The summed E-state index contributed by atoms with van der Waals surface area (Å²) in [6.45, 7) is 5.41. The van der Waals surface area contributed by atoms with Gasteiger partial charge in [0.05, 0.1) is 5.69 Å². The van der Waals surface area contributed by atoms with Gasteiger partial charge >= 0.3 is 6.09 Å². The van der Waals surface area contributed by atoms with Crippen LogP contribution >= 0.6 is 11.3 Å². The van der Waals surface area contributed by atoms with Gasteiger partial charge in [0.2, 0.25) is 0 Å². The number of anilines is 1. The van der Waals surface area contributed by atoms with E-state index in [1.807, 2.05) is 44.4 Å². The summed E-state index contributed by atoms with van der Waals surface area (Å²) in [5.74, 6) is -0.163. The number of carbonyl (C=O) groups excluding carboxylic acids is 2. The van der Waals surface area contributed by atoms with Crippen molar-refractivity contribution in [2.75, 3.05) is 26.0 Å². The Hall–Kier alpha value is -2.67. The van der Waals surface area contributed by atoms with E-state index in [0.717, 1.165) is 5.56 Å². The minimum absolute atomic E-state index is 0.163. The van der Waals surface area contributed by atoms with Gasteiger partial charge in [-0.2, -0.15) is 0 Å². The molecule has 0 aliphatic rings. The van der Waals surface area contributed by atoms with E-state index in [2.05, 4.69) is 4.98 Å². The zero-order chi connectivity index (χ0) is 20.2. The van der Waals surface area contributed by atoms with Gasteiger partial charge in [-0.05, 0) is 20.8 Å². The van der Waals surface area contributed by atoms with Crippen LogP contribution in [0.25, 0.3) is 11.3 Å². The topological polar surface area (TPSA) is 62.7 Å². The summed E-state index contributed by atoms with van der Waals surface area (Å²) in [6.07, 6.45) is 2.67. The number of benzene rings is 1. The summed E-state index contributed by atoms with van der Waals surface area (Å²) >= 11 is 1.17. The number of rotatable bonds is 5. The number of hydrogen-bond acceptors (Lipinski definition) is 6. The summed E-state index contributed by atoms with van der Waals surface area (Å²) in [5, 5.41) is 0.407. The lowest BCUT2D eigenvalue weighted by atomic mass is 10.1. The van der Waals surface area contributed by atoms with Gasteiger partial charge in [0.25, 0.3) is 0 Å². The molecule has 144 valence electrons. The van der Waals surface area contributed by atoms with Crippen molar-refractivity contribution in [2.24, 2.45) is 0 Å². The third kappa shape index (κ3) is 5.65. The number of hydrogen-bond donors (Lipinski definition) is 0. The molecule has 0 unspecified atom stereocenters. The Balaban J connectivity index is 2.43. The number of aromatic nitrogens is 1. The lowest BCUT2D eigenvalue weighted by Crippen LogP contribution is -2.34. The lowest BCUT2D eigenvalue weighted by Gasteiger charge is -2.23. The van der Waals surface area contributed by atoms with Gasteiger partial charge in [-0.25, -0.2) is 9.78 Å². The first-order valence-corrected chi connectivity index (χ1v) is 9.32. The number of carbonyl (C=O) groups is 2. The van der Waals surface area contributed by atoms with E-state index in [4.69, 9.17) is 4.74 Å². The summed E-state index contributed by atoms with van der Waals surface area (Å²) < 4.78 is 5.40. The average molecular weight is 388 g/mol. The van der Waals surface area contributed by atoms with Crippen molar-refractivity contribution in [3.63, 3.8) is 0 Å². The molecule has 27 heavy (non-hydrogen) atoms. The van der Waals surface area contributed by atoms with Crippen molar-refractivity contribution in [3.05, 3.63) is 47.5 Å². The molecule has 7 heteroatoms. The lowest BCUT2D eigenvalue weighted by molar-refractivity contribution is 0.0589. The smallest absolute Gasteiger partial charge is 0.416 e. The van der Waals surface area contributed by atoms with Crippen LogP contribution in [0.2, 0.25) is 0 Å². The van der Waals surface area contributed by atoms with E-state index < -0.39 is 11.7 Å². The van der Waals surface area contributed by atoms with Gasteiger partial charge in [-0.3, -0.25) is 9.69 Å². The van der Waals surface area contributed by atoms with E-state index in [1.165, 1.54) is 22.3 Å². The average Bonchev–Trinajstić information content (AvgIpc) is 3.03. The third-order valence-corrected chi connectivity index (χ3v) is 4.51. The van der Waals surface area contributed by atoms with Crippen molar-refractivity contribution in [1.29, 1.82) is 0 Å². The van der Waals surface area contributed by atoms with Crippen LogP contribution in [0, 0.1) is 0 Å². The molecule has 1 heterocycles. The van der Waals surface area contributed by atoms with Crippen LogP contribution in [0.3, 0.4) is 0 Å². The Labute approximate surface area is 164 Å². The molecule has 6 nitrogen and oxygen atoms in total. The molecule has 0 aliphatic carbocycles. The quantitative estimate of drug-likeness (QED) is 0.561. The largest absolute Gasteiger partial charge is 0.443 e. The highest BCUT2D eigenvalue weighted by atomic mass is 32.1. The summed E-state index contributed by atoms with van der Waals surface area (Å²) in [7, 11) is 5.28. The maximum atomic E-state index is 12.7. The number of nitrogens with zero attached hydrogens (tertiary/aromatic N) is 3. The van der Waals surface area contributed by atoms with Crippen LogP contribution in [0.15, 0.2) is 42.6 Å². The van der Waals surface area contributed by atoms with E-state index in [1.54, 1.807) is 38.9 Å². The van der Waals surface area contributed by atoms with Gasteiger partial charge in [-0.15, -0.1) is 0 Å². The second-order valence-electron chi connectivity index (χ2n) is 7.22. The maximum absolute atomic E-state index is 12.7. The highest BCUT2D eigenvalue weighted by molar-refractivity contribution is 7.18. The second-order valence-corrected chi connectivity index (χ2v) is 8.20. The van der Waals surface area contributed by atoms with Crippen LogP contribution < -0.4 is 4.90 Å². The Kier molecular flexibility index (Phi) is 6.38. The molecule has 0 aliphatic heterocycles. The van der Waals surface area contributed by atoms with Gasteiger partial charge in [0.1, 0.15) is 10.5 Å². The van der Waals surface area contributed by atoms with Crippen LogP contribution in [0.1, 0.15) is 30.4 Å². The minimum atomic E-state index is -0.613. The van der Waals surface area contributed by atoms with E-state index in [-0.39, 0.29) is 5.78 Å². The van der Waals surface area contributed by atoms with E-state index >= 15 is 0 Å². The summed E-state index contributed by atoms with van der Waals surface area (Å²) in [4.78, 5) is 33.2. The van der Waals surface area contributed by atoms with Crippen LogP contribution in [-0.4, -0.2) is 48.5 Å². The van der Waals surface area contributed by atoms with Crippen LogP contribution in [-0.2, 0) is 4.74 Å². The van der Waals surface area contributed by atoms with Gasteiger partial charge in [0, 0.05) is 39.0 Å². The van der Waals surface area contributed by atoms with Gasteiger partial charge in [-0.1, -0.05) is 41.7 Å². The van der Waals surface area contributed by atoms with Crippen LogP contribution in [0.5, 0.6) is 0 Å². The van der Waals surface area contributed by atoms with E-state index in [9.17, 15) is 9.59 Å². The fraction of sp³-hybridized carbons (Fsp3) is 0.350. The number of allylic oxidation sites excluding steroid dienone is 1. The first kappa shape index (κ1) is 20.6. The van der Waals surface area contributed by atoms with E-state index in [0.29, 0.717) is 15.7 Å². The predicted molar refractivity (Wildman–Crippen MR) is 109 cm³/mol. The minimum Gasteiger partial charge on any atom is -0.443 e. The normalized spacial score (nSPS) is 11.5. The first-order chi connectivity index (χ1) is 12.6. The zero-order valence-electron chi connectivity index (χ0n) is 16.5. The van der Waals surface area contributed by atoms with Crippen LogP contribution in [0.4, 0.5) is 9.93 Å². The molecular weight excluding hydrogens is 362 g/mol. The SMILES string of the molecule is CN(C)/C=C/C(=O)c1sc(N(C)C(=O)OC(C)(C)C)nc1-c1ccccc1. The molecule has 0 saturated heterocycles. The Bertz CT molecular complexity index is 836. The molecule has 0 bridgehead atoms. The molecule has 1 aromatic heterocycles. The van der Waals surface area contributed by atoms with Crippen molar-refractivity contribution in [3.8, 4) is 11.3 Å². The molecule has 0 N–H and O–H groups in total. The molecule has 2 rings (SSSR count). The Morgan fingerprint density at radius 1 is 1.11 bits per heavy atom. The monoisotopic (exact) mass is 387 g/mol. The van der Waals surface area contributed by atoms with Crippen molar-refractivity contribution >= 4 is 28.3 Å². The van der Waals surface area contributed by atoms with Crippen molar-refractivity contribution in [2.45, 2.75) is 26.4 Å². The molecule has 0 spiro atoms. The molecule has 1 aromatic carbocycles. The van der Waals surface area contributed by atoms with Gasteiger partial charge < -0.3 is 9.64 Å². The summed E-state index contributed by atoms with van der Waals surface area (Å²) in [5.41, 5.74) is 0.761. The first-order valence-electron chi connectivity index (χ1n) is 8.50. The molecular formula is C20H25N3O3S. The number of ketones is 1. The highest BCUT2D eigenvalue weighted by Crippen LogP contribution is 2.34. The second kappa shape index (κ2) is 8.35. The standard InChI is InChI=1S/C20H25N3O3S/c1-20(2,3)26-19(25)23(6)18-21-16(14-10-8-7-9-11-14)17(27-18)15(24)12-13-22(4)5/h7-13H,1-6H3/b13-12+. The number of ether oxygens (including phenoxy) is 1. The third-order valence-electron chi connectivity index (χ3n) is 3.37. The van der Waals surface area contributed by atoms with Gasteiger partial charge in [0.15, 0.2) is 10.9 Å². The highest BCUT2D eigenvalue weighted by Gasteiger charge is 2.25. The molecule has 1 amide bonds. The zero-order valence-corrected chi connectivity index (χ0v) is 17.3. The number of thiazole rings is 1. The molecule has 0 atom stereocenters. The fourth-order valence-corrected chi connectivity index (χ4v) is 3.07. The molecule has 0 saturated carbocycles. The molecule has 2 aromatic rings. The Morgan fingerprint density at radius 2 is 1.74 bits per heavy atom. The molecule has 0 radical (unpaired) electrons. The fourth-order valence-electron chi connectivity index (χ4n) is 2.11. The summed E-state index contributed by atoms with van der Waals surface area (Å²) in [6, 6.07) is 9.44. The number of amides is 1. The van der Waals surface area contributed by atoms with Crippen molar-refractivity contribution in [1.82, 2.24) is 9.88 Å². The Morgan fingerprint density at radius 3 is 2.30 bits per heavy atom. The predicted octanol–water partition coefficient (Wildman–Crippen LogP) is 4.44. The van der Waals surface area contributed by atoms with Crippen molar-refractivity contribution < 1.29 is 14.3 Å². The maximum Gasteiger partial charge on any atom is 0.416 e.